The maximum atomic E-state index is 12.4. The third-order valence-corrected chi connectivity index (χ3v) is 24.1. The van der Waals surface area contributed by atoms with Crippen LogP contribution in [0.25, 0.3) is 56.3 Å². The first-order valence-corrected chi connectivity index (χ1v) is 47.6. The van der Waals surface area contributed by atoms with E-state index in [1.54, 1.807) is 74.1 Å². The van der Waals surface area contributed by atoms with Crippen molar-refractivity contribution in [3.05, 3.63) is 120 Å². The van der Waals surface area contributed by atoms with E-state index in [4.69, 9.17) is 92.7 Å². The van der Waals surface area contributed by atoms with Gasteiger partial charge in [-0.25, -0.2) is 59.8 Å². The fraction of sp³-hybridized carbons (Fsp3) is 0.484. The van der Waals surface area contributed by atoms with Gasteiger partial charge in [0.05, 0.1) is 124 Å². The molecule has 0 spiro atoms. The molecule has 2 amide bonds. The second-order valence-corrected chi connectivity index (χ2v) is 35.6. The molecule has 2 atom stereocenters. The summed E-state index contributed by atoms with van der Waals surface area (Å²) in [6.07, 6.45) is 16.3. The Morgan fingerprint density at radius 3 is 1.24 bits per heavy atom. The van der Waals surface area contributed by atoms with E-state index in [-0.39, 0.29) is 94.3 Å². The van der Waals surface area contributed by atoms with Crippen molar-refractivity contribution in [2.75, 3.05) is 265 Å². The maximum absolute atomic E-state index is 12.4. The zero-order valence-electron chi connectivity index (χ0n) is 80.4. The fourth-order valence-corrected chi connectivity index (χ4v) is 16.6. The van der Waals surface area contributed by atoms with E-state index in [2.05, 4.69) is 153 Å². The maximum Gasteiger partial charge on any atom is 0.261 e. The number of carbonyl (C=O) groups excluding carboxylic acids is 2. The Morgan fingerprint density at radius 1 is 0.394 bits per heavy atom. The minimum Gasteiger partial charge on any atom is -0.474 e. The Morgan fingerprint density at radius 2 is 0.796 bits per heavy atom. The number of nitrogens with two attached hydrogens (primary N) is 7. The number of hydrogen-bond donors (Lipinski definition) is 10. The molecule has 10 aromatic heterocycles. The van der Waals surface area contributed by atoms with Crippen molar-refractivity contribution in [3.8, 4) is 73.9 Å². The standard InChI is InChI=1S/C22H25N7O2.C19H26N8O3.C19H25N7O4.C17H24N8O2.C16H23N7O/c23-21-24-13-17(14-25-21)18-12-20(27-22(26-18)28-6-9-30-10-7-28)29-8-11-31-19(15-29)16-4-2-1-3-5-16;1-12(28)27-4-2-3-13(11-27)30-16-9-15(14-10-22-18(21)25-17(14)20)23-19(24-16)26-5-7-29-8-6-26;1-12(27)25-4-2-13(3-5-25)30-16-10-15(14-11-21-18(20)24-17(14)28)22-19(23-16)26-6-8-29-9-7-26;18-15-12(10-21-16(19)24-15)13-9-14(27-11-1-3-20-4-2-11)23-17(22-13)25-5-7-26-8-6-25;1-16(2,3)22-13-8-12(11-9-18-14(17)19-10-11)20-15(21-13)23-4-6-24-7-5-23/h1-5,12-14,19H,6-11,15H2,(H2,23,24,25);9-10,13H,2-8,11H2,1H3,(H4,20,21,22,25);10-11,13H,2-9H2,1H3,(H3,20,21,24,28);9-11,20H,1-8H2,(H4,18,19,21,24);8-10H,4-7H2,1-3H3,(H2,17,18,19)(H,20,21,22)/t;13-;;;/m.1.../s1. The predicted molar refractivity (Wildman–Crippen MR) is 533 cm³/mol. The lowest BCUT2D eigenvalue weighted by molar-refractivity contribution is -0.131. The highest BCUT2D eigenvalue weighted by atomic mass is 16.5. The number of aromatic nitrogens is 20. The molecule has 19 heterocycles. The smallest absolute Gasteiger partial charge is 0.261 e. The number of benzene rings is 1. The Bertz CT molecular complexity index is 6060. The van der Waals surface area contributed by atoms with Crippen LogP contribution < -0.4 is 99.9 Å². The predicted octanol–water partition coefficient (Wildman–Crippen LogP) is 3.92. The number of H-pyrrole nitrogens is 1. The summed E-state index contributed by atoms with van der Waals surface area (Å²) in [5.74, 6) is 7.34. The molecule has 49 nitrogen and oxygen atoms in total. The second-order valence-electron chi connectivity index (χ2n) is 35.6. The Balaban J connectivity index is 0.000000128. The quantitative estimate of drug-likeness (QED) is 0.0548. The molecule has 9 aliphatic heterocycles. The van der Waals surface area contributed by atoms with Crippen LogP contribution in [0, 0.1) is 0 Å². The summed E-state index contributed by atoms with van der Waals surface area (Å²) in [5.41, 5.74) is 47.0. The van der Waals surface area contributed by atoms with Gasteiger partial charge < -0.3 is 133 Å². The van der Waals surface area contributed by atoms with E-state index in [9.17, 15) is 14.4 Å². The summed E-state index contributed by atoms with van der Waals surface area (Å²) in [7, 11) is 0. The molecule has 0 radical (unpaired) electrons. The number of nitrogen functional groups attached to an aromatic ring is 7. The van der Waals surface area contributed by atoms with Crippen LogP contribution in [-0.4, -0.2) is 336 Å². The Labute approximate surface area is 820 Å². The van der Waals surface area contributed by atoms with Crippen molar-refractivity contribution in [1.29, 1.82) is 0 Å². The van der Waals surface area contributed by atoms with Gasteiger partial charge in [-0.3, -0.25) is 19.4 Å². The highest BCUT2D eigenvalue weighted by Crippen LogP contribution is 2.36. The number of hydrogen-bond acceptors (Lipinski definition) is 46. The molecule has 9 aliphatic rings. The van der Waals surface area contributed by atoms with Crippen LogP contribution in [0.2, 0.25) is 0 Å². The molecule has 0 aliphatic carbocycles. The van der Waals surface area contributed by atoms with Gasteiger partial charge in [-0.05, 0) is 65.1 Å². The van der Waals surface area contributed by atoms with Gasteiger partial charge in [0.15, 0.2) is 5.95 Å². The summed E-state index contributed by atoms with van der Waals surface area (Å²) in [4.78, 5) is 138. The molecule has 752 valence electrons. The van der Waals surface area contributed by atoms with Gasteiger partial charge in [0, 0.05) is 215 Å². The lowest BCUT2D eigenvalue weighted by atomic mass is 10.1. The van der Waals surface area contributed by atoms with Crippen LogP contribution in [0.4, 0.5) is 82.8 Å². The molecule has 142 heavy (non-hydrogen) atoms. The Hall–Kier alpha value is -14.9. The molecule has 0 saturated carbocycles. The molecule has 11 aromatic rings. The highest BCUT2D eigenvalue weighted by molar-refractivity contribution is 5.76. The molecule has 1 aromatic carbocycles. The van der Waals surface area contributed by atoms with E-state index in [1.807, 2.05) is 45.0 Å². The Kier molecular flexibility index (Phi) is 33.7. The largest absolute Gasteiger partial charge is 0.474 e. The van der Waals surface area contributed by atoms with Crippen LogP contribution in [0.3, 0.4) is 0 Å². The lowest BCUT2D eigenvalue weighted by Gasteiger charge is -2.35. The number of anilines is 14. The van der Waals surface area contributed by atoms with Gasteiger partial charge in [-0.15, -0.1) is 0 Å². The number of piperidine rings is 3. The third kappa shape index (κ3) is 27.8. The molecule has 9 saturated heterocycles. The van der Waals surface area contributed by atoms with E-state index in [0.29, 0.717) is 194 Å². The SMILES string of the molecule is CC(=O)N1CCC(Oc2cc(-c3cnc(N)[nH]c3=O)nc(N3CCOCC3)n2)CC1.CC(=O)N1CCC[C@@H](Oc2cc(-c3cnc(N)nc3N)nc(N3CCOCC3)n2)C1.CC(C)(C)Nc1cc(-c2cnc(N)nc2)nc(N2CCOCC2)n1.Nc1ncc(-c2cc(N3CCOC(c4ccccc4)C3)nc(N3CCOCC3)n2)cn1.Nc1ncc(-c2cc(OC3CCNCC3)nc(N3CCOCC3)n2)c(N)n1. The molecule has 0 bridgehead atoms. The monoisotopic (exact) mass is 1950 g/mol. The van der Waals surface area contributed by atoms with Crippen molar-refractivity contribution in [1.82, 2.24) is 115 Å². The first-order valence-electron chi connectivity index (χ1n) is 47.6. The summed E-state index contributed by atoms with van der Waals surface area (Å²) >= 11 is 0. The topological polar surface area (TPSA) is 627 Å². The average Bonchev–Trinajstić information content (AvgIpc) is 0.812. The van der Waals surface area contributed by atoms with E-state index >= 15 is 0 Å². The van der Waals surface area contributed by atoms with Crippen LogP contribution in [-0.2, 0) is 38.0 Å². The number of nitrogens with one attached hydrogen (secondary N) is 3. The lowest BCUT2D eigenvalue weighted by Crippen LogP contribution is -2.43. The zero-order valence-corrected chi connectivity index (χ0v) is 80.4. The number of aromatic amines is 1. The second kappa shape index (κ2) is 47.8. The van der Waals surface area contributed by atoms with Crippen molar-refractivity contribution in [2.45, 2.75) is 103 Å². The van der Waals surface area contributed by atoms with Gasteiger partial charge in [0.1, 0.15) is 47.7 Å². The van der Waals surface area contributed by atoms with Crippen LogP contribution in [0.5, 0.6) is 17.6 Å². The molecular formula is C93H123N37O12. The number of likely N-dealkylation sites (tertiary alicyclic amines) is 2. The van der Waals surface area contributed by atoms with Gasteiger partial charge in [-0.2, -0.15) is 34.9 Å². The van der Waals surface area contributed by atoms with Crippen LogP contribution in [0.1, 0.15) is 84.8 Å². The summed E-state index contributed by atoms with van der Waals surface area (Å²) in [5, 5.41) is 6.74. The van der Waals surface area contributed by atoms with Crippen molar-refractivity contribution >= 4 is 94.6 Å². The summed E-state index contributed by atoms with van der Waals surface area (Å²) < 4.78 is 51.7. The summed E-state index contributed by atoms with van der Waals surface area (Å²) in [6, 6.07) is 19.4. The minimum atomic E-state index is -0.380. The molecule has 49 heteroatoms. The first-order chi connectivity index (χ1) is 68.8. The normalized spacial score (nSPS) is 18.2. The summed E-state index contributed by atoms with van der Waals surface area (Å²) in [6.45, 7) is 29.6. The van der Waals surface area contributed by atoms with Crippen LogP contribution >= 0.6 is 0 Å². The number of rotatable bonds is 19. The average molecular weight is 1950 g/mol. The number of nitrogens with zero attached hydrogens (tertiary/aromatic N) is 27. The van der Waals surface area contributed by atoms with E-state index in [0.717, 1.165) is 145 Å². The first kappa shape index (κ1) is 100. The third-order valence-electron chi connectivity index (χ3n) is 24.1. The van der Waals surface area contributed by atoms with Crippen molar-refractivity contribution < 1.29 is 52.2 Å². The molecule has 9 fully saturated rings. The van der Waals surface area contributed by atoms with Gasteiger partial charge >= 0.3 is 0 Å². The number of morpholine rings is 6. The fourth-order valence-electron chi connectivity index (χ4n) is 16.6. The molecule has 20 rings (SSSR count). The van der Waals surface area contributed by atoms with Gasteiger partial charge in [0.25, 0.3) is 5.56 Å². The zero-order chi connectivity index (χ0) is 99.0. The molecule has 1 unspecified atom stereocenters. The van der Waals surface area contributed by atoms with Gasteiger partial charge in [-0.1, -0.05) is 30.3 Å². The minimum absolute atomic E-state index is 0.0000546. The molecular weight excluding hydrogens is 1830 g/mol. The van der Waals surface area contributed by atoms with Gasteiger partial charge in [0.2, 0.25) is 83.0 Å². The number of amides is 2. The van der Waals surface area contributed by atoms with E-state index in [1.165, 1.54) is 11.8 Å². The molecule has 17 N–H and O–H groups in total. The number of ether oxygens (including phenoxy) is 9. The van der Waals surface area contributed by atoms with Crippen molar-refractivity contribution in [2.24, 2.45) is 0 Å². The van der Waals surface area contributed by atoms with Crippen LogP contribution in [0.15, 0.2) is 109 Å². The van der Waals surface area contributed by atoms with E-state index < -0.39 is 0 Å². The highest BCUT2D eigenvalue weighted by Gasteiger charge is 2.32. The number of carbonyl (C=O) groups is 2. The van der Waals surface area contributed by atoms with Crippen molar-refractivity contribution in [3.63, 3.8) is 0 Å².